The maximum absolute atomic E-state index is 13.4. The van der Waals surface area contributed by atoms with Gasteiger partial charge < -0.3 is 9.64 Å². The Labute approximate surface area is 190 Å². The molecule has 0 saturated carbocycles. The molecule has 7 heteroatoms. The van der Waals surface area contributed by atoms with Crippen molar-refractivity contribution in [2.24, 2.45) is 0 Å². The highest BCUT2D eigenvalue weighted by molar-refractivity contribution is 7.22. The standard InChI is InChI=1S/C24H22ClN3O2S/c1-27(2)14-15-28(24-26-21-13-10-18(25)16-22(21)31-24)23(29)17-8-11-20(12-9-17)30-19-6-4-3-5-7-19/h3-13,16H,14-15H2,1-2H3. The van der Waals surface area contributed by atoms with E-state index in [2.05, 4.69) is 4.98 Å². The van der Waals surface area contributed by atoms with Gasteiger partial charge in [-0.3, -0.25) is 9.69 Å². The highest BCUT2D eigenvalue weighted by Crippen LogP contribution is 2.32. The Morgan fingerprint density at radius 3 is 2.39 bits per heavy atom. The average Bonchev–Trinajstić information content (AvgIpc) is 3.17. The topological polar surface area (TPSA) is 45.7 Å². The second-order valence-electron chi connectivity index (χ2n) is 7.31. The molecule has 0 aliphatic rings. The van der Waals surface area contributed by atoms with Crippen molar-refractivity contribution in [3.05, 3.63) is 83.4 Å². The van der Waals surface area contributed by atoms with Gasteiger partial charge in [-0.1, -0.05) is 41.1 Å². The normalized spacial score (nSPS) is 11.1. The molecular formula is C24H22ClN3O2S. The molecular weight excluding hydrogens is 430 g/mol. The third-order valence-corrected chi connectivity index (χ3v) is 5.94. The van der Waals surface area contributed by atoms with Crippen molar-refractivity contribution in [2.75, 3.05) is 32.1 Å². The summed E-state index contributed by atoms with van der Waals surface area (Å²) in [6.45, 7) is 1.25. The highest BCUT2D eigenvalue weighted by atomic mass is 35.5. The number of anilines is 1. The van der Waals surface area contributed by atoms with E-state index in [4.69, 9.17) is 16.3 Å². The van der Waals surface area contributed by atoms with Crippen molar-refractivity contribution in [1.82, 2.24) is 9.88 Å². The molecule has 1 aromatic heterocycles. The molecule has 0 radical (unpaired) electrons. The van der Waals surface area contributed by atoms with Gasteiger partial charge in [0.1, 0.15) is 11.5 Å². The zero-order valence-corrected chi connectivity index (χ0v) is 18.9. The van der Waals surface area contributed by atoms with Gasteiger partial charge in [0.2, 0.25) is 0 Å². The van der Waals surface area contributed by atoms with Crippen LogP contribution in [0.2, 0.25) is 5.02 Å². The van der Waals surface area contributed by atoms with Crippen LogP contribution in [0.3, 0.4) is 0 Å². The number of likely N-dealkylation sites (N-methyl/N-ethyl adjacent to an activating group) is 1. The van der Waals surface area contributed by atoms with Gasteiger partial charge in [-0.15, -0.1) is 0 Å². The van der Waals surface area contributed by atoms with Gasteiger partial charge >= 0.3 is 0 Å². The SMILES string of the molecule is CN(C)CCN(C(=O)c1ccc(Oc2ccccc2)cc1)c1nc2ccc(Cl)cc2s1. The van der Waals surface area contributed by atoms with E-state index in [1.165, 1.54) is 11.3 Å². The fourth-order valence-corrected chi connectivity index (χ4v) is 4.30. The third-order valence-electron chi connectivity index (χ3n) is 4.67. The van der Waals surface area contributed by atoms with Crippen LogP contribution in [0.15, 0.2) is 72.8 Å². The summed E-state index contributed by atoms with van der Waals surface area (Å²) in [4.78, 5) is 21.8. The minimum absolute atomic E-state index is 0.0988. The van der Waals surface area contributed by atoms with Crippen LogP contribution in [-0.4, -0.2) is 43.0 Å². The summed E-state index contributed by atoms with van der Waals surface area (Å²) in [6.07, 6.45) is 0. The molecule has 0 spiro atoms. The predicted molar refractivity (Wildman–Crippen MR) is 128 cm³/mol. The van der Waals surface area contributed by atoms with Gasteiger partial charge in [-0.2, -0.15) is 0 Å². The second kappa shape index (κ2) is 9.47. The second-order valence-corrected chi connectivity index (χ2v) is 8.75. The van der Waals surface area contributed by atoms with Crippen molar-refractivity contribution < 1.29 is 9.53 Å². The van der Waals surface area contributed by atoms with E-state index in [-0.39, 0.29) is 5.91 Å². The number of hydrogen-bond donors (Lipinski definition) is 0. The van der Waals surface area contributed by atoms with E-state index in [1.807, 2.05) is 79.7 Å². The number of halogens is 1. The number of carbonyl (C=O) groups excluding carboxylic acids is 1. The highest BCUT2D eigenvalue weighted by Gasteiger charge is 2.21. The number of nitrogens with zero attached hydrogens (tertiary/aromatic N) is 3. The summed E-state index contributed by atoms with van der Waals surface area (Å²) in [5.74, 6) is 1.33. The lowest BCUT2D eigenvalue weighted by molar-refractivity contribution is 0.0985. The Balaban J connectivity index is 1.59. The van der Waals surface area contributed by atoms with Crippen LogP contribution in [0.25, 0.3) is 10.2 Å². The number of aromatic nitrogens is 1. The minimum atomic E-state index is -0.0988. The molecule has 0 unspecified atom stereocenters. The molecule has 1 amide bonds. The van der Waals surface area contributed by atoms with Crippen LogP contribution in [0.4, 0.5) is 5.13 Å². The van der Waals surface area contributed by atoms with E-state index >= 15 is 0 Å². The lowest BCUT2D eigenvalue weighted by atomic mass is 10.2. The van der Waals surface area contributed by atoms with Gasteiger partial charge in [0.15, 0.2) is 5.13 Å². The van der Waals surface area contributed by atoms with Crippen molar-refractivity contribution in [3.8, 4) is 11.5 Å². The first-order valence-corrected chi connectivity index (χ1v) is 11.0. The van der Waals surface area contributed by atoms with Gasteiger partial charge in [0.05, 0.1) is 10.2 Å². The number of rotatable bonds is 7. The van der Waals surface area contributed by atoms with E-state index < -0.39 is 0 Å². The molecule has 0 aliphatic heterocycles. The molecule has 5 nitrogen and oxygen atoms in total. The number of ether oxygens (including phenoxy) is 1. The Bertz CT molecular complexity index is 1180. The maximum Gasteiger partial charge on any atom is 0.260 e. The summed E-state index contributed by atoms with van der Waals surface area (Å²) < 4.78 is 6.79. The molecule has 158 valence electrons. The summed E-state index contributed by atoms with van der Waals surface area (Å²) in [7, 11) is 3.97. The average molecular weight is 452 g/mol. The lowest BCUT2D eigenvalue weighted by Crippen LogP contribution is -2.36. The van der Waals surface area contributed by atoms with Crippen molar-refractivity contribution in [3.63, 3.8) is 0 Å². The van der Waals surface area contributed by atoms with Gasteiger partial charge in [-0.25, -0.2) is 4.98 Å². The Kier molecular flexibility index (Phi) is 6.51. The first-order chi connectivity index (χ1) is 15.0. The van der Waals surface area contributed by atoms with Crippen LogP contribution < -0.4 is 9.64 Å². The number of amides is 1. The number of para-hydroxylation sites is 1. The van der Waals surface area contributed by atoms with Crippen LogP contribution in [-0.2, 0) is 0 Å². The van der Waals surface area contributed by atoms with E-state index in [1.54, 1.807) is 17.0 Å². The van der Waals surface area contributed by atoms with Crippen molar-refractivity contribution in [2.45, 2.75) is 0 Å². The van der Waals surface area contributed by atoms with Crippen LogP contribution in [0.5, 0.6) is 11.5 Å². The van der Waals surface area contributed by atoms with E-state index in [9.17, 15) is 4.79 Å². The Hall–Kier alpha value is -2.93. The molecule has 0 aliphatic carbocycles. The molecule has 1 heterocycles. The zero-order chi connectivity index (χ0) is 21.8. The molecule has 4 aromatic rings. The molecule has 0 fully saturated rings. The number of hydrogen-bond acceptors (Lipinski definition) is 5. The Morgan fingerprint density at radius 1 is 0.968 bits per heavy atom. The van der Waals surface area contributed by atoms with Crippen molar-refractivity contribution >= 4 is 44.2 Å². The van der Waals surface area contributed by atoms with E-state index in [0.717, 1.165) is 22.5 Å². The molecule has 4 rings (SSSR count). The predicted octanol–water partition coefficient (Wildman–Crippen LogP) is 5.95. The number of carbonyl (C=O) groups is 1. The third kappa shape index (κ3) is 5.22. The monoisotopic (exact) mass is 451 g/mol. The van der Waals surface area contributed by atoms with Gasteiger partial charge in [0, 0.05) is 23.7 Å². The fraction of sp³-hybridized carbons (Fsp3) is 0.167. The summed E-state index contributed by atoms with van der Waals surface area (Å²) in [5.41, 5.74) is 1.41. The number of benzene rings is 3. The Morgan fingerprint density at radius 2 is 1.68 bits per heavy atom. The molecule has 0 saturated heterocycles. The summed E-state index contributed by atoms with van der Waals surface area (Å²) >= 11 is 7.59. The number of thiazole rings is 1. The van der Waals surface area contributed by atoms with E-state index in [0.29, 0.717) is 28.0 Å². The molecule has 0 N–H and O–H groups in total. The smallest absolute Gasteiger partial charge is 0.260 e. The minimum Gasteiger partial charge on any atom is -0.457 e. The van der Waals surface area contributed by atoms with Gasteiger partial charge in [0.25, 0.3) is 5.91 Å². The van der Waals surface area contributed by atoms with Crippen molar-refractivity contribution in [1.29, 1.82) is 0 Å². The molecule has 0 atom stereocenters. The maximum atomic E-state index is 13.4. The molecule has 0 bridgehead atoms. The fourth-order valence-electron chi connectivity index (χ4n) is 3.03. The van der Waals surface area contributed by atoms with Crippen LogP contribution >= 0.6 is 22.9 Å². The molecule has 3 aromatic carbocycles. The summed E-state index contributed by atoms with van der Waals surface area (Å²) in [5, 5.41) is 1.32. The summed E-state index contributed by atoms with van der Waals surface area (Å²) in [6, 6.07) is 22.3. The zero-order valence-electron chi connectivity index (χ0n) is 17.3. The van der Waals surface area contributed by atoms with Gasteiger partial charge in [-0.05, 0) is 68.7 Å². The lowest BCUT2D eigenvalue weighted by Gasteiger charge is -2.22. The van der Waals surface area contributed by atoms with Crippen LogP contribution in [0.1, 0.15) is 10.4 Å². The molecule has 31 heavy (non-hydrogen) atoms. The largest absolute Gasteiger partial charge is 0.457 e. The quantitative estimate of drug-likeness (QED) is 0.348. The first-order valence-electron chi connectivity index (χ1n) is 9.85. The first kappa shape index (κ1) is 21.3. The van der Waals surface area contributed by atoms with Crippen LogP contribution in [0, 0.1) is 0 Å². The number of fused-ring (bicyclic) bond motifs is 1.